The molecule has 2 heteroatoms. The van der Waals surface area contributed by atoms with E-state index in [1.807, 2.05) is 24.3 Å². The van der Waals surface area contributed by atoms with Crippen molar-refractivity contribution in [2.24, 2.45) is 0 Å². The number of hydrogen-bond acceptors (Lipinski definition) is 2. The van der Waals surface area contributed by atoms with Crippen LogP contribution in [0, 0.1) is 0 Å². The van der Waals surface area contributed by atoms with Gasteiger partial charge in [-0.25, -0.2) is 0 Å². The lowest BCUT2D eigenvalue weighted by Crippen LogP contribution is -1.97. The second-order valence-electron chi connectivity index (χ2n) is 4.83. The Hall–Kier alpha value is -1.70. The summed E-state index contributed by atoms with van der Waals surface area (Å²) in [4.78, 5) is 0. The summed E-state index contributed by atoms with van der Waals surface area (Å²) in [6.07, 6.45) is 6.57. The third-order valence-electron chi connectivity index (χ3n) is 2.83. The molecule has 0 aliphatic rings. The average Bonchev–Trinajstić information content (AvgIpc) is 2.39. The molecule has 0 heterocycles. The van der Waals surface area contributed by atoms with Crippen LogP contribution in [-0.2, 0) is 0 Å². The van der Waals surface area contributed by atoms with E-state index in [4.69, 9.17) is 9.47 Å². The Morgan fingerprint density at radius 1 is 1.05 bits per heavy atom. The molecule has 0 aliphatic heterocycles. The molecule has 0 spiro atoms. The van der Waals surface area contributed by atoms with Gasteiger partial charge >= 0.3 is 0 Å². The van der Waals surface area contributed by atoms with E-state index in [-0.39, 0.29) is 0 Å². The molecule has 19 heavy (non-hydrogen) atoms. The third kappa shape index (κ3) is 6.14. The molecule has 104 valence electrons. The van der Waals surface area contributed by atoms with Crippen LogP contribution < -0.4 is 9.47 Å². The summed E-state index contributed by atoms with van der Waals surface area (Å²) in [6, 6.07) is 7.71. The van der Waals surface area contributed by atoms with Crippen molar-refractivity contribution < 1.29 is 9.47 Å². The zero-order chi connectivity index (χ0) is 14.1. The first kappa shape index (κ1) is 15.4. The molecular formula is C17H24O2. The van der Waals surface area contributed by atoms with Crippen molar-refractivity contribution in [1.29, 1.82) is 0 Å². The van der Waals surface area contributed by atoms with Gasteiger partial charge in [0.1, 0.15) is 6.61 Å². The van der Waals surface area contributed by atoms with Gasteiger partial charge in [-0.05, 0) is 51.8 Å². The molecule has 0 N–H and O–H groups in total. The lowest BCUT2D eigenvalue weighted by molar-refractivity contribution is 0.325. The highest BCUT2D eigenvalue weighted by Gasteiger charge is 2.00. The molecular weight excluding hydrogens is 236 g/mol. The first-order chi connectivity index (χ1) is 9.13. The van der Waals surface area contributed by atoms with Gasteiger partial charge < -0.3 is 9.47 Å². The van der Waals surface area contributed by atoms with Gasteiger partial charge in [0.2, 0.25) is 0 Å². The molecule has 1 aromatic carbocycles. The topological polar surface area (TPSA) is 18.5 Å². The van der Waals surface area contributed by atoms with Gasteiger partial charge in [-0.3, -0.25) is 0 Å². The molecule has 0 saturated carbocycles. The lowest BCUT2D eigenvalue weighted by atomic mass is 10.1. The van der Waals surface area contributed by atoms with Gasteiger partial charge in [0.25, 0.3) is 0 Å². The number of hydrogen-bond donors (Lipinski definition) is 0. The number of methoxy groups -OCH3 is 1. The summed E-state index contributed by atoms with van der Waals surface area (Å²) >= 11 is 0. The van der Waals surface area contributed by atoms with Crippen LogP contribution in [0.5, 0.6) is 11.5 Å². The summed E-state index contributed by atoms with van der Waals surface area (Å²) in [6.45, 7) is 6.99. The number of ether oxygens (including phenoxy) is 2. The van der Waals surface area contributed by atoms with Crippen molar-refractivity contribution >= 4 is 0 Å². The fourth-order valence-corrected chi connectivity index (χ4v) is 1.70. The quantitative estimate of drug-likeness (QED) is 0.658. The van der Waals surface area contributed by atoms with Crippen LogP contribution in [-0.4, -0.2) is 13.7 Å². The first-order valence-corrected chi connectivity index (χ1v) is 6.68. The Labute approximate surface area is 116 Å². The molecule has 0 fully saturated rings. The average molecular weight is 260 g/mol. The van der Waals surface area contributed by atoms with Gasteiger partial charge in [0.15, 0.2) is 11.5 Å². The van der Waals surface area contributed by atoms with E-state index < -0.39 is 0 Å². The predicted molar refractivity (Wildman–Crippen MR) is 80.9 cm³/mol. The highest BCUT2D eigenvalue weighted by Crippen LogP contribution is 2.25. The molecule has 0 atom stereocenters. The second-order valence-corrected chi connectivity index (χ2v) is 4.83. The maximum Gasteiger partial charge on any atom is 0.161 e. The van der Waals surface area contributed by atoms with Crippen LogP contribution >= 0.6 is 0 Å². The predicted octanol–water partition coefficient (Wildman–Crippen LogP) is 4.77. The molecule has 0 bridgehead atoms. The van der Waals surface area contributed by atoms with E-state index in [9.17, 15) is 0 Å². The highest BCUT2D eigenvalue weighted by atomic mass is 16.5. The number of para-hydroxylation sites is 2. The zero-order valence-electron chi connectivity index (χ0n) is 12.4. The summed E-state index contributed by atoms with van der Waals surface area (Å²) in [5, 5.41) is 0. The monoisotopic (exact) mass is 260 g/mol. The summed E-state index contributed by atoms with van der Waals surface area (Å²) < 4.78 is 10.9. The van der Waals surface area contributed by atoms with E-state index in [1.54, 1.807) is 7.11 Å². The Morgan fingerprint density at radius 3 is 2.37 bits per heavy atom. The minimum atomic E-state index is 0.584. The van der Waals surface area contributed by atoms with Crippen molar-refractivity contribution in [3.05, 3.63) is 47.6 Å². The van der Waals surface area contributed by atoms with Gasteiger partial charge in [0.05, 0.1) is 7.11 Å². The van der Waals surface area contributed by atoms with Gasteiger partial charge in [-0.1, -0.05) is 29.4 Å². The van der Waals surface area contributed by atoms with Crippen LogP contribution in [0.4, 0.5) is 0 Å². The van der Waals surface area contributed by atoms with Crippen LogP contribution in [0.15, 0.2) is 47.6 Å². The summed E-state index contributed by atoms with van der Waals surface area (Å²) in [5.41, 5.74) is 2.73. The normalized spacial score (nSPS) is 11.1. The third-order valence-corrected chi connectivity index (χ3v) is 2.83. The Kier molecular flexibility index (Phi) is 6.80. The van der Waals surface area contributed by atoms with Crippen molar-refractivity contribution in [3.63, 3.8) is 0 Å². The molecule has 1 aromatic rings. The zero-order valence-corrected chi connectivity index (χ0v) is 12.4. The highest BCUT2D eigenvalue weighted by molar-refractivity contribution is 5.39. The van der Waals surface area contributed by atoms with E-state index in [1.165, 1.54) is 11.1 Å². The van der Waals surface area contributed by atoms with E-state index in [2.05, 4.69) is 32.9 Å². The van der Waals surface area contributed by atoms with Crippen molar-refractivity contribution in [2.75, 3.05) is 13.7 Å². The standard InChI is InChI=1S/C17H24O2/c1-14(2)8-7-9-15(3)12-13-19-17-11-6-5-10-16(17)18-4/h5-6,8,10-12H,7,9,13H2,1-4H3. The molecule has 0 saturated heterocycles. The largest absolute Gasteiger partial charge is 0.493 e. The molecule has 2 nitrogen and oxygen atoms in total. The van der Waals surface area contributed by atoms with Crippen molar-refractivity contribution in [3.8, 4) is 11.5 Å². The molecule has 0 aromatic heterocycles. The van der Waals surface area contributed by atoms with Crippen LogP contribution in [0.25, 0.3) is 0 Å². The van der Waals surface area contributed by atoms with Gasteiger partial charge in [0, 0.05) is 0 Å². The summed E-state index contributed by atoms with van der Waals surface area (Å²) in [5.74, 6) is 1.57. The fraction of sp³-hybridized carbons (Fsp3) is 0.412. The minimum Gasteiger partial charge on any atom is -0.493 e. The first-order valence-electron chi connectivity index (χ1n) is 6.68. The SMILES string of the molecule is COc1ccccc1OCC=C(C)CCC=C(C)C. The Balaban J connectivity index is 2.42. The van der Waals surface area contributed by atoms with Crippen LogP contribution in [0.3, 0.4) is 0 Å². The second kappa shape index (κ2) is 8.41. The smallest absolute Gasteiger partial charge is 0.161 e. The molecule has 0 unspecified atom stereocenters. The van der Waals surface area contributed by atoms with Gasteiger partial charge in [-0.15, -0.1) is 0 Å². The van der Waals surface area contributed by atoms with Crippen LogP contribution in [0.1, 0.15) is 33.6 Å². The molecule has 1 rings (SSSR count). The van der Waals surface area contributed by atoms with E-state index in [0.29, 0.717) is 6.61 Å². The Morgan fingerprint density at radius 2 is 1.74 bits per heavy atom. The maximum absolute atomic E-state index is 5.71. The van der Waals surface area contributed by atoms with Crippen molar-refractivity contribution in [2.45, 2.75) is 33.6 Å². The lowest BCUT2D eigenvalue weighted by Gasteiger charge is -2.08. The number of allylic oxidation sites excluding steroid dienone is 3. The molecule has 0 aliphatic carbocycles. The van der Waals surface area contributed by atoms with E-state index >= 15 is 0 Å². The molecule has 0 radical (unpaired) electrons. The maximum atomic E-state index is 5.71. The molecule has 0 amide bonds. The number of benzene rings is 1. The fourth-order valence-electron chi connectivity index (χ4n) is 1.70. The van der Waals surface area contributed by atoms with Gasteiger partial charge in [-0.2, -0.15) is 0 Å². The Bertz CT molecular complexity index is 440. The van der Waals surface area contributed by atoms with Crippen LogP contribution in [0.2, 0.25) is 0 Å². The van der Waals surface area contributed by atoms with E-state index in [0.717, 1.165) is 24.3 Å². The number of rotatable bonds is 7. The summed E-state index contributed by atoms with van der Waals surface area (Å²) in [7, 11) is 1.66. The minimum absolute atomic E-state index is 0.584. The van der Waals surface area contributed by atoms with Crippen molar-refractivity contribution in [1.82, 2.24) is 0 Å².